The molecule has 0 saturated carbocycles. The average Bonchev–Trinajstić information content (AvgIpc) is 3.43. The fourth-order valence-electron chi connectivity index (χ4n) is 3.03. The fourth-order valence-corrected chi connectivity index (χ4v) is 5.34. The third-order valence-corrected chi connectivity index (χ3v) is 7.02. The highest BCUT2D eigenvalue weighted by molar-refractivity contribution is 7.14. The van der Waals surface area contributed by atoms with Crippen LogP contribution in [0.1, 0.15) is 28.3 Å². The van der Waals surface area contributed by atoms with E-state index >= 15 is 0 Å². The van der Waals surface area contributed by atoms with Crippen molar-refractivity contribution in [2.45, 2.75) is 32.4 Å². The van der Waals surface area contributed by atoms with Gasteiger partial charge in [0.15, 0.2) is 5.13 Å². The minimum Gasteiger partial charge on any atom is -0.332 e. The number of hydrogen-bond donors (Lipinski definition) is 0. The van der Waals surface area contributed by atoms with Gasteiger partial charge in [0.1, 0.15) is 0 Å². The van der Waals surface area contributed by atoms with Crippen molar-refractivity contribution < 1.29 is 9.59 Å². The summed E-state index contributed by atoms with van der Waals surface area (Å²) in [6.07, 6.45) is 1.72. The number of carbonyl (C=O) groups is 2. The van der Waals surface area contributed by atoms with Crippen LogP contribution in [0.5, 0.6) is 0 Å². The molecule has 0 radical (unpaired) electrons. The first kappa shape index (κ1) is 18.3. The van der Waals surface area contributed by atoms with Crippen molar-refractivity contribution in [1.82, 2.24) is 9.88 Å². The molecule has 1 saturated heterocycles. The van der Waals surface area contributed by atoms with E-state index < -0.39 is 0 Å². The molecule has 3 aromatic heterocycles. The molecule has 1 fully saturated rings. The highest BCUT2D eigenvalue weighted by Gasteiger charge is 2.25. The summed E-state index contributed by atoms with van der Waals surface area (Å²) in [5.74, 6) is 0.181. The Morgan fingerprint density at radius 3 is 2.37 bits per heavy atom. The molecule has 140 valence electrons. The molecule has 0 atom stereocenters. The van der Waals surface area contributed by atoms with Gasteiger partial charge in [0.05, 0.1) is 25.2 Å². The molecule has 0 aromatic carbocycles. The molecule has 0 unspecified atom stereocenters. The summed E-state index contributed by atoms with van der Waals surface area (Å²) < 4.78 is 0. The Bertz CT molecular complexity index is 866. The van der Waals surface area contributed by atoms with Crippen molar-refractivity contribution in [2.24, 2.45) is 0 Å². The molecular weight excluding hydrogens is 398 g/mol. The standard InChI is InChI=1S/C19H19N3O2S3/c23-17-6-1-7-22(17)19-20-14(13-27-19)10-18(24)21(11-15-4-2-8-25-15)12-16-5-3-9-26-16/h2-5,8-9,13H,1,6-7,10-12H2. The summed E-state index contributed by atoms with van der Waals surface area (Å²) in [7, 11) is 0. The van der Waals surface area contributed by atoms with Crippen LogP contribution in [0.15, 0.2) is 40.4 Å². The van der Waals surface area contributed by atoms with Crippen LogP contribution in [0.4, 0.5) is 5.13 Å². The monoisotopic (exact) mass is 417 g/mol. The lowest BCUT2D eigenvalue weighted by Gasteiger charge is -2.21. The second-order valence-corrected chi connectivity index (χ2v) is 9.26. The van der Waals surface area contributed by atoms with E-state index in [-0.39, 0.29) is 18.2 Å². The van der Waals surface area contributed by atoms with E-state index in [1.54, 1.807) is 27.6 Å². The van der Waals surface area contributed by atoms with Crippen LogP contribution in [0.2, 0.25) is 0 Å². The average molecular weight is 418 g/mol. The maximum Gasteiger partial charge on any atom is 0.229 e. The summed E-state index contributed by atoms with van der Waals surface area (Å²) in [5, 5.41) is 6.67. The van der Waals surface area contributed by atoms with Crippen molar-refractivity contribution in [3.8, 4) is 0 Å². The van der Waals surface area contributed by atoms with Gasteiger partial charge >= 0.3 is 0 Å². The van der Waals surface area contributed by atoms with Crippen LogP contribution >= 0.6 is 34.0 Å². The molecule has 0 N–H and O–H groups in total. The lowest BCUT2D eigenvalue weighted by molar-refractivity contribution is -0.131. The Balaban J connectivity index is 1.46. The summed E-state index contributed by atoms with van der Waals surface area (Å²) in [6, 6.07) is 8.12. The van der Waals surface area contributed by atoms with Gasteiger partial charge in [0, 0.05) is 28.1 Å². The van der Waals surface area contributed by atoms with Gasteiger partial charge in [-0.2, -0.15) is 0 Å². The molecule has 8 heteroatoms. The topological polar surface area (TPSA) is 53.5 Å². The smallest absolute Gasteiger partial charge is 0.229 e. The number of nitrogens with zero attached hydrogens (tertiary/aromatic N) is 3. The van der Waals surface area contributed by atoms with Crippen molar-refractivity contribution in [2.75, 3.05) is 11.4 Å². The maximum absolute atomic E-state index is 13.0. The van der Waals surface area contributed by atoms with Crippen LogP contribution in [-0.2, 0) is 29.1 Å². The number of hydrogen-bond acceptors (Lipinski definition) is 6. The van der Waals surface area contributed by atoms with E-state index in [2.05, 4.69) is 17.1 Å². The summed E-state index contributed by atoms with van der Waals surface area (Å²) >= 11 is 4.76. The van der Waals surface area contributed by atoms with Gasteiger partial charge in [-0.3, -0.25) is 14.5 Å². The summed E-state index contributed by atoms with van der Waals surface area (Å²) in [5.41, 5.74) is 0.738. The van der Waals surface area contributed by atoms with Gasteiger partial charge in [-0.1, -0.05) is 12.1 Å². The molecule has 1 aliphatic rings. The van der Waals surface area contributed by atoms with Gasteiger partial charge in [0.25, 0.3) is 0 Å². The van der Waals surface area contributed by atoms with E-state index in [1.807, 2.05) is 33.2 Å². The van der Waals surface area contributed by atoms with Crippen LogP contribution in [-0.4, -0.2) is 28.2 Å². The van der Waals surface area contributed by atoms with Crippen molar-refractivity contribution >= 4 is 51.0 Å². The highest BCUT2D eigenvalue weighted by Crippen LogP contribution is 2.26. The van der Waals surface area contributed by atoms with E-state index in [1.165, 1.54) is 21.1 Å². The molecule has 27 heavy (non-hydrogen) atoms. The van der Waals surface area contributed by atoms with Crippen LogP contribution in [0, 0.1) is 0 Å². The first-order chi connectivity index (χ1) is 13.2. The lowest BCUT2D eigenvalue weighted by Crippen LogP contribution is -2.31. The third-order valence-electron chi connectivity index (χ3n) is 4.38. The number of rotatable bonds is 7. The Morgan fingerprint density at radius 1 is 1.11 bits per heavy atom. The maximum atomic E-state index is 13.0. The number of anilines is 1. The molecule has 4 rings (SSSR count). The Hall–Kier alpha value is -2.03. The second-order valence-electron chi connectivity index (χ2n) is 6.36. The second kappa shape index (κ2) is 8.33. The van der Waals surface area contributed by atoms with Gasteiger partial charge in [-0.25, -0.2) is 4.98 Å². The first-order valence-electron chi connectivity index (χ1n) is 8.76. The number of thiophene rings is 2. The Kier molecular flexibility index (Phi) is 5.66. The van der Waals surface area contributed by atoms with Crippen LogP contribution in [0.3, 0.4) is 0 Å². The van der Waals surface area contributed by atoms with Crippen LogP contribution in [0.25, 0.3) is 0 Å². The quantitative estimate of drug-likeness (QED) is 0.580. The number of aromatic nitrogens is 1. The van der Waals surface area contributed by atoms with Crippen molar-refractivity contribution in [3.63, 3.8) is 0 Å². The van der Waals surface area contributed by atoms with E-state index in [9.17, 15) is 9.59 Å². The summed E-state index contributed by atoms with van der Waals surface area (Å²) in [4.78, 5) is 35.4. The SMILES string of the molecule is O=C(Cc1csc(N2CCCC2=O)n1)N(Cc1cccs1)Cc1cccs1. The molecule has 2 amide bonds. The van der Waals surface area contributed by atoms with Gasteiger partial charge in [-0.15, -0.1) is 34.0 Å². The zero-order chi connectivity index (χ0) is 18.6. The van der Waals surface area contributed by atoms with Gasteiger partial charge < -0.3 is 4.90 Å². The number of carbonyl (C=O) groups excluding carboxylic acids is 2. The van der Waals surface area contributed by atoms with Gasteiger partial charge in [0.2, 0.25) is 11.8 Å². The lowest BCUT2D eigenvalue weighted by atomic mass is 10.2. The molecule has 1 aliphatic heterocycles. The molecule has 5 nitrogen and oxygen atoms in total. The minimum absolute atomic E-state index is 0.0569. The third kappa shape index (κ3) is 4.45. The van der Waals surface area contributed by atoms with Gasteiger partial charge in [-0.05, 0) is 29.3 Å². The minimum atomic E-state index is 0.0569. The molecule has 4 heterocycles. The van der Waals surface area contributed by atoms with Crippen LogP contribution < -0.4 is 4.90 Å². The fraction of sp³-hybridized carbons (Fsp3) is 0.316. The predicted octanol–water partition coefficient (Wildman–Crippen LogP) is 4.16. The predicted molar refractivity (Wildman–Crippen MR) is 110 cm³/mol. The van der Waals surface area contributed by atoms with E-state index in [0.717, 1.165) is 18.7 Å². The zero-order valence-corrected chi connectivity index (χ0v) is 17.1. The van der Waals surface area contributed by atoms with E-state index in [0.29, 0.717) is 24.6 Å². The normalized spacial score (nSPS) is 14.1. The number of thiazole rings is 1. The van der Waals surface area contributed by atoms with E-state index in [4.69, 9.17) is 0 Å². The largest absolute Gasteiger partial charge is 0.332 e. The van der Waals surface area contributed by atoms with Crippen molar-refractivity contribution in [3.05, 3.63) is 55.9 Å². The Morgan fingerprint density at radius 2 is 1.81 bits per heavy atom. The number of amides is 2. The van der Waals surface area contributed by atoms with Crippen molar-refractivity contribution in [1.29, 1.82) is 0 Å². The molecular formula is C19H19N3O2S3. The molecule has 0 aliphatic carbocycles. The molecule has 0 spiro atoms. The first-order valence-corrected chi connectivity index (χ1v) is 11.4. The molecule has 3 aromatic rings. The Labute approximate surface area is 169 Å². The summed E-state index contributed by atoms with van der Waals surface area (Å²) in [6.45, 7) is 1.94. The molecule has 0 bridgehead atoms. The highest BCUT2D eigenvalue weighted by atomic mass is 32.1. The zero-order valence-electron chi connectivity index (χ0n) is 14.7.